The summed E-state index contributed by atoms with van der Waals surface area (Å²) < 4.78 is 5.63. The molecular formula is C15H21NO3. The standard InChI is InChI=1S/C15H21NO3/c1-12-15(10-18)16(14(7-8-17)11-19-12)9-13-5-3-2-4-6-13/h2-6,10,12,14-15,17H,7-9,11H2,1H3. The van der Waals surface area contributed by atoms with E-state index in [4.69, 9.17) is 9.84 Å². The van der Waals surface area contributed by atoms with Crippen molar-refractivity contribution in [2.45, 2.75) is 38.1 Å². The van der Waals surface area contributed by atoms with Gasteiger partial charge in [-0.2, -0.15) is 0 Å². The lowest BCUT2D eigenvalue weighted by molar-refractivity contribution is -0.135. The molecule has 1 aromatic rings. The second kappa shape index (κ2) is 6.80. The summed E-state index contributed by atoms with van der Waals surface area (Å²) in [6, 6.07) is 9.93. The third kappa shape index (κ3) is 3.41. The fourth-order valence-corrected chi connectivity index (χ4v) is 2.59. The number of carbonyl (C=O) groups is 1. The second-order valence-corrected chi connectivity index (χ2v) is 4.99. The highest BCUT2D eigenvalue weighted by Crippen LogP contribution is 2.22. The largest absolute Gasteiger partial charge is 0.396 e. The molecule has 1 heterocycles. The number of benzene rings is 1. The number of morpholine rings is 1. The van der Waals surface area contributed by atoms with Crippen molar-refractivity contribution in [3.05, 3.63) is 35.9 Å². The molecule has 3 atom stereocenters. The van der Waals surface area contributed by atoms with Gasteiger partial charge in [-0.15, -0.1) is 0 Å². The average Bonchev–Trinajstić information content (AvgIpc) is 2.43. The molecule has 1 aromatic carbocycles. The minimum atomic E-state index is -0.245. The summed E-state index contributed by atoms with van der Waals surface area (Å²) in [5.41, 5.74) is 1.17. The maximum atomic E-state index is 11.3. The third-order valence-corrected chi connectivity index (χ3v) is 3.69. The number of hydrogen-bond donors (Lipinski definition) is 1. The number of aliphatic hydroxyl groups is 1. The van der Waals surface area contributed by atoms with Crippen LogP contribution in [0.2, 0.25) is 0 Å². The van der Waals surface area contributed by atoms with Gasteiger partial charge in [0.05, 0.1) is 18.8 Å². The highest BCUT2D eigenvalue weighted by Gasteiger charge is 2.35. The van der Waals surface area contributed by atoms with Gasteiger partial charge in [0.15, 0.2) is 0 Å². The molecule has 2 rings (SSSR count). The fraction of sp³-hybridized carbons (Fsp3) is 0.533. The minimum Gasteiger partial charge on any atom is -0.396 e. The van der Waals surface area contributed by atoms with Crippen molar-refractivity contribution >= 4 is 6.29 Å². The van der Waals surface area contributed by atoms with E-state index in [-0.39, 0.29) is 24.8 Å². The molecule has 0 bridgehead atoms. The molecule has 0 saturated carbocycles. The number of rotatable bonds is 5. The summed E-state index contributed by atoms with van der Waals surface area (Å²) in [5.74, 6) is 0. The monoisotopic (exact) mass is 263 g/mol. The molecule has 0 radical (unpaired) electrons. The first-order chi connectivity index (χ1) is 9.26. The number of aldehydes is 1. The van der Waals surface area contributed by atoms with E-state index in [1.165, 1.54) is 5.56 Å². The van der Waals surface area contributed by atoms with Crippen molar-refractivity contribution < 1.29 is 14.6 Å². The van der Waals surface area contributed by atoms with Crippen molar-refractivity contribution in [2.24, 2.45) is 0 Å². The van der Waals surface area contributed by atoms with E-state index >= 15 is 0 Å². The van der Waals surface area contributed by atoms with Gasteiger partial charge < -0.3 is 14.6 Å². The van der Waals surface area contributed by atoms with Crippen LogP contribution in [0.3, 0.4) is 0 Å². The molecule has 3 unspecified atom stereocenters. The van der Waals surface area contributed by atoms with Crippen LogP contribution in [0.15, 0.2) is 30.3 Å². The zero-order valence-electron chi connectivity index (χ0n) is 11.2. The normalized spacial score (nSPS) is 28.2. The quantitative estimate of drug-likeness (QED) is 0.812. The Balaban J connectivity index is 2.15. The first kappa shape index (κ1) is 14.2. The van der Waals surface area contributed by atoms with Crippen LogP contribution in [0, 0.1) is 0 Å². The van der Waals surface area contributed by atoms with Crippen molar-refractivity contribution in [2.75, 3.05) is 13.2 Å². The molecule has 1 fully saturated rings. The van der Waals surface area contributed by atoms with Crippen molar-refractivity contribution in [3.8, 4) is 0 Å². The summed E-state index contributed by atoms with van der Waals surface area (Å²) >= 11 is 0. The molecule has 0 aromatic heterocycles. The smallest absolute Gasteiger partial charge is 0.139 e. The number of nitrogens with zero attached hydrogens (tertiary/aromatic N) is 1. The van der Waals surface area contributed by atoms with Crippen LogP contribution >= 0.6 is 0 Å². The Bertz CT molecular complexity index is 396. The second-order valence-electron chi connectivity index (χ2n) is 4.99. The van der Waals surface area contributed by atoms with Crippen LogP contribution in [0.1, 0.15) is 18.9 Å². The van der Waals surface area contributed by atoms with Crippen LogP contribution in [0.25, 0.3) is 0 Å². The first-order valence-corrected chi connectivity index (χ1v) is 6.73. The number of carbonyl (C=O) groups excluding carboxylic acids is 1. The van der Waals surface area contributed by atoms with Crippen LogP contribution in [0.4, 0.5) is 0 Å². The van der Waals surface area contributed by atoms with Crippen LogP contribution < -0.4 is 0 Å². The fourth-order valence-electron chi connectivity index (χ4n) is 2.59. The van der Waals surface area contributed by atoms with Crippen LogP contribution in [0.5, 0.6) is 0 Å². The predicted molar refractivity (Wildman–Crippen MR) is 72.7 cm³/mol. The van der Waals surface area contributed by atoms with Crippen molar-refractivity contribution in [1.82, 2.24) is 4.90 Å². The van der Waals surface area contributed by atoms with E-state index in [1.54, 1.807) is 0 Å². The van der Waals surface area contributed by atoms with Gasteiger partial charge in [0, 0.05) is 19.2 Å². The van der Waals surface area contributed by atoms with E-state index in [0.717, 1.165) is 6.29 Å². The Hall–Kier alpha value is -1.23. The minimum absolute atomic E-state index is 0.0941. The Morgan fingerprint density at radius 3 is 2.79 bits per heavy atom. The lowest BCUT2D eigenvalue weighted by Crippen LogP contribution is -2.56. The highest BCUT2D eigenvalue weighted by molar-refractivity contribution is 5.59. The lowest BCUT2D eigenvalue weighted by atomic mass is 10.0. The summed E-state index contributed by atoms with van der Waals surface area (Å²) in [6.45, 7) is 3.31. The van der Waals surface area contributed by atoms with Gasteiger partial charge >= 0.3 is 0 Å². The van der Waals surface area contributed by atoms with E-state index < -0.39 is 0 Å². The molecule has 0 amide bonds. The van der Waals surface area contributed by atoms with Gasteiger partial charge in [0.25, 0.3) is 0 Å². The van der Waals surface area contributed by atoms with Crippen LogP contribution in [-0.4, -0.2) is 47.7 Å². The molecule has 4 heteroatoms. The van der Waals surface area contributed by atoms with Crippen molar-refractivity contribution in [1.29, 1.82) is 0 Å². The van der Waals surface area contributed by atoms with E-state index in [9.17, 15) is 4.79 Å². The molecule has 1 saturated heterocycles. The number of aliphatic hydroxyl groups excluding tert-OH is 1. The molecule has 1 N–H and O–H groups in total. The SMILES string of the molecule is CC1OCC(CCO)N(Cc2ccccc2)C1C=O. The molecule has 1 aliphatic rings. The van der Waals surface area contributed by atoms with E-state index in [2.05, 4.69) is 17.0 Å². The Morgan fingerprint density at radius 2 is 2.16 bits per heavy atom. The molecule has 19 heavy (non-hydrogen) atoms. The average molecular weight is 263 g/mol. The first-order valence-electron chi connectivity index (χ1n) is 6.73. The third-order valence-electron chi connectivity index (χ3n) is 3.69. The van der Waals surface area contributed by atoms with Gasteiger partial charge in [-0.25, -0.2) is 0 Å². The van der Waals surface area contributed by atoms with Gasteiger partial charge in [-0.1, -0.05) is 30.3 Å². The molecular weight excluding hydrogens is 242 g/mol. The van der Waals surface area contributed by atoms with Crippen molar-refractivity contribution in [3.63, 3.8) is 0 Å². The van der Waals surface area contributed by atoms with E-state index in [1.807, 2.05) is 25.1 Å². The summed E-state index contributed by atoms with van der Waals surface area (Å²) in [5, 5.41) is 9.16. The van der Waals surface area contributed by atoms with Gasteiger partial charge in [-0.05, 0) is 18.9 Å². The Kier molecular flexibility index (Phi) is 5.07. The lowest BCUT2D eigenvalue weighted by Gasteiger charge is -2.43. The van der Waals surface area contributed by atoms with E-state index in [0.29, 0.717) is 19.6 Å². The summed E-state index contributed by atoms with van der Waals surface area (Å²) in [6.07, 6.45) is 1.48. The Morgan fingerprint density at radius 1 is 1.42 bits per heavy atom. The van der Waals surface area contributed by atoms with Gasteiger partial charge in [-0.3, -0.25) is 4.90 Å². The summed E-state index contributed by atoms with van der Waals surface area (Å²) in [7, 11) is 0. The summed E-state index contributed by atoms with van der Waals surface area (Å²) in [4.78, 5) is 13.5. The molecule has 1 aliphatic heterocycles. The maximum absolute atomic E-state index is 11.3. The molecule has 0 spiro atoms. The number of hydrogen-bond acceptors (Lipinski definition) is 4. The van der Waals surface area contributed by atoms with Gasteiger partial charge in [0.1, 0.15) is 6.29 Å². The Labute approximate surface area is 114 Å². The highest BCUT2D eigenvalue weighted by atomic mass is 16.5. The molecule has 104 valence electrons. The van der Waals surface area contributed by atoms with Gasteiger partial charge in [0.2, 0.25) is 0 Å². The topological polar surface area (TPSA) is 49.8 Å². The molecule has 0 aliphatic carbocycles. The molecule has 4 nitrogen and oxygen atoms in total. The zero-order valence-corrected chi connectivity index (χ0v) is 11.2. The number of ether oxygens (including phenoxy) is 1. The zero-order chi connectivity index (χ0) is 13.7. The maximum Gasteiger partial charge on any atom is 0.139 e. The predicted octanol–water partition coefficient (Wildman–Crippen LogP) is 1.23. The van der Waals surface area contributed by atoms with Crippen LogP contribution in [-0.2, 0) is 16.1 Å².